The molecule has 0 spiro atoms. The standard InChI is InChI=1S/C18H20N4O3/c1-25-18(24)13-5-7-14(8-6-13)19-17(23)15-9-10-16(21-20-15)22-11-3-2-4-12-22/h5-10H,2-4,11-12H2,1H3,(H,19,23). The summed E-state index contributed by atoms with van der Waals surface area (Å²) in [6.45, 7) is 1.96. The molecule has 1 fully saturated rings. The maximum Gasteiger partial charge on any atom is 0.337 e. The Morgan fingerprint density at radius 3 is 2.32 bits per heavy atom. The number of esters is 1. The van der Waals surface area contributed by atoms with Gasteiger partial charge < -0.3 is 15.0 Å². The van der Waals surface area contributed by atoms with Gasteiger partial charge >= 0.3 is 5.97 Å². The molecule has 25 heavy (non-hydrogen) atoms. The second kappa shape index (κ2) is 7.74. The zero-order valence-electron chi connectivity index (χ0n) is 14.1. The first kappa shape index (κ1) is 16.9. The predicted molar refractivity (Wildman–Crippen MR) is 93.8 cm³/mol. The molecule has 0 atom stereocenters. The van der Waals surface area contributed by atoms with Crippen molar-refractivity contribution in [2.24, 2.45) is 0 Å². The second-order valence-corrected chi connectivity index (χ2v) is 5.85. The molecule has 1 saturated heterocycles. The van der Waals surface area contributed by atoms with Crippen LogP contribution in [0.15, 0.2) is 36.4 Å². The number of anilines is 2. The molecule has 0 radical (unpaired) electrons. The summed E-state index contributed by atoms with van der Waals surface area (Å²) in [6, 6.07) is 9.96. The van der Waals surface area contributed by atoms with Crippen molar-refractivity contribution in [1.82, 2.24) is 10.2 Å². The topological polar surface area (TPSA) is 84.4 Å². The number of hydrogen-bond donors (Lipinski definition) is 1. The lowest BCUT2D eigenvalue weighted by Gasteiger charge is -2.27. The van der Waals surface area contributed by atoms with Gasteiger partial charge in [0.05, 0.1) is 12.7 Å². The Hall–Kier alpha value is -2.96. The number of nitrogens with one attached hydrogen (secondary N) is 1. The number of carbonyl (C=O) groups excluding carboxylic acids is 2. The van der Waals surface area contributed by atoms with Crippen molar-refractivity contribution < 1.29 is 14.3 Å². The summed E-state index contributed by atoms with van der Waals surface area (Å²) < 4.78 is 4.64. The summed E-state index contributed by atoms with van der Waals surface area (Å²) in [4.78, 5) is 25.8. The third-order valence-electron chi connectivity index (χ3n) is 4.13. The van der Waals surface area contributed by atoms with Crippen LogP contribution in [0.4, 0.5) is 11.5 Å². The van der Waals surface area contributed by atoms with Crippen LogP contribution >= 0.6 is 0 Å². The van der Waals surface area contributed by atoms with Crippen molar-refractivity contribution in [2.75, 3.05) is 30.4 Å². The van der Waals surface area contributed by atoms with Gasteiger partial charge in [0.15, 0.2) is 11.5 Å². The zero-order valence-corrected chi connectivity index (χ0v) is 14.1. The van der Waals surface area contributed by atoms with Crippen LogP contribution < -0.4 is 10.2 Å². The highest BCUT2D eigenvalue weighted by Crippen LogP contribution is 2.17. The quantitative estimate of drug-likeness (QED) is 0.861. The summed E-state index contributed by atoms with van der Waals surface area (Å²) in [5.41, 5.74) is 1.24. The summed E-state index contributed by atoms with van der Waals surface area (Å²) in [6.07, 6.45) is 3.57. The molecule has 1 aromatic carbocycles. The molecule has 3 rings (SSSR count). The van der Waals surface area contributed by atoms with Crippen molar-refractivity contribution >= 4 is 23.4 Å². The van der Waals surface area contributed by atoms with Gasteiger partial charge in [-0.2, -0.15) is 0 Å². The van der Waals surface area contributed by atoms with Gasteiger partial charge in [-0.3, -0.25) is 4.79 Å². The Kier molecular flexibility index (Phi) is 5.23. The van der Waals surface area contributed by atoms with Gasteiger partial charge in [-0.25, -0.2) is 4.79 Å². The fourth-order valence-corrected chi connectivity index (χ4v) is 2.74. The number of ether oxygens (including phenoxy) is 1. The summed E-state index contributed by atoms with van der Waals surface area (Å²) in [7, 11) is 1.32. The van der Waals surface area contributed by atoms with Crippen LogP contribution in [0.1, 0.15) is 40.1 Å². The molecule has 7 heteroatoms. The molecule has 130 valence electrons. The summed E-state index contributed by atoms with van der Waals surface area (Å²) in [5, 5.41) is 10.9. The zero-order chi connectivity index (χ0) is 17.6. The first-order valence-electron chi connectivity index (χ1n) is 8.26. The fourth-order valence-electron chi connectivity index (χ4n) is 2.74. The minimum Gasteiger partial charge on any atom is -0.465 e. The number of hydrogen-bond acceptors (Lipinski definition) is 6. The van der Waals surface area contributed by atoms with E-state index in [4.69, 9.17) is 0 Å². The monoisotopic (exact) mass is 340 g/mol. The van der Waals surface area contributed by atoms with Crippen LogP contribution in [0.2, 0.25) is 0 Å². The lowest BCUT2D eigenvalue weighted by atomic mass is 10.1. The van der Waals surface area contributed by atoms with E-state index < -0.39 is 5.97 Å². The van der Waals surface area contributed by atoms with Gasteiger partial charge in [0.2, 0.25) is 0 Å². The van der Waals surface area contributed by atoms with Crippen molar-refractivity contribution in [3.63, 3.8) is 0 Å². The highest BCUT2D eigenvalue weighted by Gasteiger charge is 2.14. The molecule has 2 aromatic rings. The van der Waals surface area contributed by atoms with Gasteiger partial charge in [0.25, 0.3) is 5.91 Å². The molecule has 0 unspecified atom stereocenters. The summed E-state index contributed by atoms with van der Waals surface area (Å²) >= 11 is 0. The lowest BCUT2D eigenvalue weighted by Crippen LogP contribution is -2.30. The van der Waals surface area contributed by atoms with E-state index in [-0.39, 0.29) is 11.6 Å². The molecule has 0 bridgehead atoms. The number of rotatable bonds is 4. The molecule has 2 heterocycles. The normalized spacial score (nSPS) is 14.0. The third kappa shape index (κ3) is 4.12. The fraction of sp³-hybridized carbons (Fsp3) is 0.333. The second-order valence-electron chi connectivity index (χ2n) is 5.85. The Morgan fingerprint density at radius 2 is 1.72 bits per heavy atom. The Balaban J connectivity index is 1.63. The van der Waals surface area contributed by atoms with Crippen LogP contribution in [-0.4, -0.2) is 42.3 Å². The molecule has 1 aliphatic heterocycles. The highest BCUT2D eigenvalue weighted by atomic mass is 16.5. The van der Waals surface area contributed by atoms with Gasteiger partial charge in [0, 0.05) is 18.8 Å². The molecule has 1 N–H and O–H groups in total. The molecular weight excluding hydrogens is 320 g/mol. The van der Waals surface area contributed by atoms with E-state index in [0.717, 1.165) is 31.7 Å². The van der Waals surface area contributed by atoms with Crippen molar-refractivity contribution in [1.29, 1.82) is 0 Å². The van der Waals surface area contributed by atoms with Crippen LogP contribution in [-0.2, 0) is 4.74 Å². The van der Waals surface area contributed by atoms with Gasteiger partial charge in [-0.05, 0) is 55.7 Å². The predicted octanol–water partition coefficient (Wildman–Crippen LogP) is 2.51. The Morgan fingerprint density at radius 1 is 1.00 bits per heavy atom. The van der Waals surface area contributed by atoms with Crippen LogP contribution in [0, 0.1) is 0 Å². The van der Waals surface area contributed by atoms with Crippen molar-refractivity contribution in [3.8, 4) is 0 Å². The molecule has 1 amide bonds. The van der Waals surface area contributed by atoms with E-state index >= 15 is 0 Å². The van der Waals surface area contributed by atoms with Gasteiger partial charge in [0.1, 0.15) is 0 Å². The minimum absolute atomic E-state index is 0.248. The van der Waals surface area contributed by atoms with Crippen molar-refractivity contribution in [2.45, 2.75) is 19.3 Å². The number of nitrogens with zero attached hydrogens (tertiary/aromatic N) is 3. The lowest BCUT2D eigenvalue weighted by molar-refractivity contribution is 0.0600. The first-order chi connectivity index (χ1) is 12.2. The smallest absolute Gasteiger partial charge is 0.337 e. The molecule has 0 saturated carbocycles. The average Bonchev–Trinajstić information content (AvgIpc) is 2.68. The van der Waals surface area contributed by atoms with E-state index in [1.54, 1.807) is 30.3 Å². The molecular formula is C18H20N4O3. The number of piperidine rings is 1. The van der Waals surface area contributed by atoms with Gasteiger partial charge in [-0.1, -0.05) is 0 Å². The minimum atomic E-state index is -0.419. The van der Waals surface area contributed by atoms with E-state index in [1.165, 1.54) is 13.5 Å². The van der Waals surface area contributed by atoms with Crippen LogP contribution in [0.25, 0.3) is 0 Å². The SMILES string of the molecule is COC(=O)c1ccc(NC(=O)c2ccc(N3CCCCC3)nn2)cc1. The molecule has 1 aliphatic rings. The molecule has 0 aliphatic carbocycles. The number of amides is 1. The van der Waals surface area contributed by atoms with E-state index in [0.29, 0.717) is 11.3 Å². The number of methoxy groups -OCH3 is 1. The Labute approximate surface area is 146 Å². The highest BCUT2D eigenvalue weighted by molar-refractivity contribution is 6.03. The van der Waals surface area contributed by atoms with Gasteiger partial charge in [-0.15, -0.1) is 10.2 Å². The number of aromatic nitrogens is 2. The number of carbonyl (C=O) groups is 2. The first-order valence-corrected chi connectivity index (χ1v) is 8.26. The maximum absolute atomic E-state index is 12.3. The number of benzene rings is 1. The largest absolute Gasteiger partial charge is 0.465 e. The van der Waals surface area contributed by atoms with E-state index in [1.807, 2.05) is 6.07 Å². The maximum atomic E-state index is 12.3. The van der Waals surface area contributed by atoms with Crippen LogP contribution in [0.5, 0.6) is 0 Å². The average molecular weight is 340 g/mol. The third-order valence-corrected chi connectivity index (χ3v) is 4.13. The molecule has 1 aromatic heterocycles. The van der Waals surface area contributed by atoms with E-state index in [9.17, 15) is 9.59 Å². The summed E-state index contributed by atoms with van der Waals surface area (Å²) in [5.74, 6) is 0.0410. The van der Waals surface area contributed by atoms with E-state index in [2.05, 4.69) is 25.2 Å². The van der Waals surface area contributed by atoms with Crippen molar-refractivity contribution in [3.05, 3.63) is 47.7 Å². The van der Waals surface area contributed by atoms with Crippen LogP contribution in [0.3, 0.4) is 0 Å². The molecule has 7 nitrogen and oxygen atoms in total. The Bertz CT molecular complexity index is 738.